The highest BCUT2D eigenvalue weighted by molar-refractivity contribution is 5.19. The molecule has 0 unspecified atom stereocenters. The SMILES string of the molecule is C/C=C\C=C/C.C=C/C=C\C(=C)CC=C. The Morgan fingerprint density at radius 1 is 1.00 bits per heavy atom. The molecule has 0 N–H and O–H groups in total. The normalized spacial score (nSPS) is 10.3. The van der Waals surface area contributed by atoms with Crippen molar-refractivity contribution in [2.45, 2.75) is 20.3 Å². The van der Waals surface area contributed by atoms with Gasteiger partial charge in [0.1, 0.15) is 0 Å². The molecule has 0 aliphatic heterocycles. The summed E-state index contributed by atoms with van der Waals surface area (Å²) in [6.07, 6.45) is 16.2. The molecule has 0 nitrogen and oxygen atoms in total. The summed E-state index contributed by atoms with van der Waals surface area (Å²) in [5.74, 6) is 0. The van der Waals surface area contributed by atoms with Gasteiger partial charge in [-0.2, -0.15) is 0 Å². The third kappa shape index (κ3) is 19.0. The fourth-order valence-electron chi connectivity index (χ4n) is 0.680. The maximum atomic E-state index is 3.78. The van der Waals surface area contributed by atoms with Gasteiger partial charge < -0.3 is 0 Å². The molecule has 0 aliphatic rings. The fraction of sp³-hybridized carbons (Fsp3) is 0.200. The Hall–Kier alpha value is -1.56. The molecule has 82 valence electrons. The van der Waals surface area contributed by atoms with E-state index in [1.807, 2.05) is 56.4 Å². The second kappa shape index (κ2) is 14.9. The minimum Gasteiger partial charge on any atom is -0.103 e. The summed E-state index contributed by atoms with van der Waals surface area (Å²) in [6.45, 7) is 14.9. The van der Waals surface area contributed by atoms with Crippen LogP contribution in [0.3, 0.4) is 0 Å². The standard InChI is InChI=1S/C9H12.C6H10/c1-4-6-8-9(3)7-5-2;1-3-5-6-4-2/h4-6,8H,1-3,7H2;3-6H,1-2H3/b8-6-;5-3-,6-4-. The summed E-state index contributed by atoms with van der Waals surface area (Å²) in [4.78, 5) is 0. The fourth-order valence-corrected chi connectivity index (χ4v) is 0.680. The summed E-state index contributed by atoms with van der Waals surface area (Å²) < 4.78 is 0. The number of rotatable bonds is 5. The van der Waals surface area contributed by atoms with Gasteiger partial charge in [0.2, 0.25) is 0 Å². The predicted molar refractivity (Wildman–Crippen MR) is 72.9 cm³/mol. The van der Waals surface area contributed by atoms with Crippen molar-refractivity contribution in [1.82, 2.24) is 0 Å². The summed E-state index contributed by atoms with van der Waals surface area (Å²) in [7, 11) is 0. The van der Waals surface area contributed by atoms with Crippen molar-refractivity contribution in [2.24, 2.45) is 0 Å². The van der Waals surface area contributed by atoms with Crippen LogP contribution in [0, 0.1) is 0 Å². The Morgan fingerprint density at radius 2 is 1.53 bits per heavy atom. The van der Waals surface area contributed by atoms with Crippen LogP contribution in [0.5, 0.6) is 0 Å². The van der Waals surface area contributed by atoms with Crippen LogP contribution in [0.1, 0.15) is 20.3 Å². The molecule has 0 saturated carbocycles. The quantitative estimate of drug-likeness (QED) is 0.435. The molecule has 0 heteroatoms. The Bertz CT molecular complexity index is 239. The maximum Gasteiger partial charge on any atom is -0.0106 e. The monoisotopic (exact) mass is 202 g/mol. The molecule has 0 saturated heterocycles. The van der Waals surface area contributed by atoms with Crippen molar-refractivity contribution in [1.29, 1.82) is 0 Å². The average Bonchev–Trinajstić information content (AvgIpc) is 2.25. The number of hydrogen-bond donors (Lipinski definition) is 0. The van der Waals surface area contributed by atoms with E-state index in [9.17, 15) is 0 Å². The van der Waals surface area contributed by atoms with E-state index in [4.69, 9.17) is 0 Å². The zero-order valence-corrected chi connectivity index (χ0v) is 9.95. The molecule has 0 amide bonds. The van der Waals surface area contributed by atoms with Crippen LogP contribution in [-0.2, 0) is 0 Å². The van der Waals surface area contributed by atoms with Crippen LogP contribution in [0.4, 0.5) is 0 Å². The molecule has 0 aromatic carbocycles. The van der Waals surface area contributed by atoms with Crippen LogP contribution in [-0.4, -0.2) is 0 Å². The van der Waals surface area contributed by atoms with Gasteiger partial charge in [-0.1, -0.05) is 67.3 Å². The first-order chi connectivity index (χ1) is 7.22. The first kappa shape index (κ1) is 15.9. The molecule has 0 atom stereocenters. The molecular formula is C15H22. The summed E-state index contributed by atoms with van der Waals surface area (Å²) in [5.41, 5.74) is 1.06. The molecule has 0 aromatic rings. The molecule has 0 fully saturated rings. The van der Waals surface area contributed by atoms with Crippen molar-refractivity contribution in [3.05, 3.63) is 73.9 Å². The Balaban J connectivity index is 0. The molecule has 0 bridgehead atoms. The van der Waals surface area contributed by atoms with E-state index in [2.05, 4.69) is 19.7 Å². The highest BCUT2D eigenvalue weighted by Gasteiger charge is 1.78. The van der Waals surface area contributed by atoms with Crippen LogP contribution in [0.2, 0.25) is 0 Å². The molecule has 0 aromatic heterocycles. The molecule has 0 radical (unpaired) electrons. The van der Waals surface area contributed by atoms with Gasteiger partial charge in [0.05, 0.1) is 0 Å². The Labute approximate surface area is 94.7 Å². The van der Waals surface area contributed by atoms with Crippen molar-refractivity contribution in [3.63, 3.8) is 0 Å². The predicted octanol–water partition coefficient (Wildman–Crippen LogP) is 5.00. The first-order valence-corrected chi connectivity index (χ1v) is 5.04. The third-order valence-corrected chi connectivity index (χ3v) is 1.37. The molecular weight excluding hydrogens is 180 g/mol. The zero-order valence-electron chi connectivity index (χ0n) is 9.95. The summed E-state index contributed by atoms with van der Waals surface area (Å²) in [5, 5.41) is 0. The smallest absolute Gasteiger partial charge is 0.0106 e. The average molecular weight is 202 g/mol. The van der Waals surface area contributed by atoms with Gasteiger partial charge >= 0.3 is 0 Å². The van der Waals surface area contributed by atoms with E-state index in [0.29, 0.717) is 0 Å². The van der Waals surface area contributed by atoms with E-state index in [0.717, 1.165) is 12.0 Å². The van der Waals surface area contributed by atoms with E-state index in [1.165, 1.54) is 0 Å². The molecule has 0 aliphatic carbocycles. The van der Waals surface area contributed by atoms with Gasteiger partial charge in [-0.05, 0) is 20.3 Å². The Kier molecular flexibility index (Phi) is 15.8. The lowest BCUT2D eigenvalue weighted by Gasteiger charge is -1.88. The third-order valence-electron chi connectivity index (χ3n) is 1.37. The molecule has 0 heterocycles. The Morgan fingerprint density at radius 3 is 1.87 bits per heavy atom. The summed E-state index contributed by atoms with van der Waals surface area (Å²) in [6, 6.07) is 0. The van der Waals surface area contributed by atoms with Gasteiger partial charge in [0.15, 0.2) is 0 Å². The number of allylic oxidation sites excluding steroid dienone is 9. The van der Waals surface area contributed by atoms with Crippen LogP contribution < -0.4 is 0 Å². The molecule has 0 spiro atoms. The largest absolute Gasteiger partial charge is 0.103 e. The topological polar surface area (TPSA) is 0 Å². The van der Waals surface area contributed by atoms with Crippen LogP contribution in [0.15, 0.2) is 73.9 Å². The van der Waals surface area contributed by atoms with Crippen molar-refractivity contribution >= 4 is 0 Å². The van der Waals surface area contributed by atoms with E-state index in [-0.39, 0.29) is 0 Å². The van der Waals surface area contributed by atoms with Crippen molar-refractivity contribution < 1.29 is 0 Å². The van der Waals surface area contributed by atoms with Crippen molar-refractivity contribution in [3.8, 4) is 0 Å². The minimum absolute atomic E-state index is 0.852. The van der Waals surface area contributed by atoms with Gasteiger partial charge in [0, 0.05) is 0 Å². The van der Waals surface area contributed by atoms with Gasteiger partial charge in [-0.25, -0.2) is 0 Å². The first-order valence-electron chi connectivity index (χ1n) is 5.04. The van der Waals surface area contributed by atoms with Gasteiger partial charge in [-0.3, -0.25) is 0 Å². The van der Waals surface area contributed by atoms with E-state index >= 15 is 0 Å². The molecule has 15 heavy (non-hydrogen) atoms. The van der Waals surface area contributed by atoms with Crippen LogP contribution >= 0.6 is 0 Å². The van der Waals surface area contributed by atoms with Gasteiger partial charge in [0.25, 0.3) is 0 Å². The van der Waals surface area contributed by atoms with Gasteiger partial charge in [-0.15, -0.1) is 6.58 Å². The molecule has 0 rings (SSSR count). The highest BCUT2D eigenvalue weighted by Crippen LogP contribution is 1.98. The van der Waals surface area contributed by atoms with Crippen LogP contribution in [0.25, 0.3) is 0 Å². The second-order valence-corrected chi connectivity index (χ2v) is 2.80. The maximum absolute atomic E-state index is 3.78. The zero-order chi connectivity index (χ0) is 11.9. The second-order valence-electron chi connectivity index (χ2n) is 2.80. The highest BCUT2D eigenvalue weighted by atomic mass is 13.8. The van der Waals surface area contributed by atoms with E-state index in [1.54, 1.807) is 6.08 Å². The minimum atomic E-state index is 0.852. The lowest BCUT2D eigenvalue weighted by atomic mass is 10.2. The van der Waals surface area contributed by atoms with Crippen molar-refractivity contribution in [2.75, 3.05) is 0 Å². The lowest BCUT2D eigenvalue weighted by molar-refractivity contribution is 1.31. The summed E-state index contributed by atoms with van der Waals surface area (Å²) >= 11 is 0. The lowest BCUT2D eigenvalue weighted by Crippen LogP contribution is -1.67. The van der Waals surface area contributed by atoms with E-state index < -0.39 is 0 Å². The number of hydrogen-bond acceptors (Lipinski definition) is 0.